The van der Waals surface area contributed by atoms with Gasteiger partial charge in [-0.2, -0.15) is 0 Å². The number of benzene rings is 6. The number of rotatable bonds is 10. The van der Waals surface area contributed by atoms with Gasteiger partial charge in [0.15, 0.2) is 0 Å². The summed E-state index contributed by atoms with van der Waals surface area (Å²) < 4.78 is 39.0. The molecule has 7 rings (SSSR count). The minimum Gasteiger partial charge on any atom is -0.507 e. The second-order valence-corrected chi connectivity index (χ2v) is 19.6. The Kier molecular flexibility index (Phi) is 16.4. The summed E-state index contributed by atoms with van der Waals surface area (Å²) in [7, 11) is -6.00. The molecule has 0 spiro atoms. The Hall–Kier alpha value is -5.42. The molecule has 346 valence electrons. The summed E-state index contributed by atoms with van der Waals surface area (Å²) in [6.45, 7) is 17.7. The number of nitrogens with zero attached hydrogens (tertiary/aromatic N) is 2. The van der Waals surface area contributed by atoms with Crippen LogP contribution in [0.1, 0.15) is 137 Å². The standard InChI is InChI=1S/C56H62N2O2.BF4.Cr/c1-53(2,3)45-33-39(51(59)47(35-45)55(7,41-23-13-9-14-24-41)42-25-15-10-16-26-42)37-57-49-31-21-22-32-50(49)58-38-40-34-46(54(4,5)6)36-48(52(40)60)56(8,43-27-17-11-18-28-43)44-29-19-12-20-30-44;2-1(3,4)5;/h9-20,23-30,33-38,49-50,59-60H,21-22,31-32H2,1-8H3;;/q;-1;/t49-,50-;;/m1../s1. The van der Waals surface area contributed by atoms with Crippen LogP contribution in [0.5, 0.6) is 11.5 Å². The second kappa shape index (κ2) is 21.0. The monoisotopic (exact) mass is 933 g/mol. The molecule has 0 amide bonds. The summed E-state index contributed by atoms with van der Waals surface area (Å²) in [5, 5.41) is 24.6. The van der Waals surface area contributed by atoms with Crippen LogP contribution in [0.15, 0.2) is 156 Å². The van der Waals surface area contributed by atoms with Crippen LogP contribution in [0.4, 0.5) is 17.3 Å². The van der Waals surface area contributed by atoms with Gasteiger partial charge in [-0.05, 0) is 83.0 Å². The molecule has 6 aromatic carbocycles. The molecule has 66 heavy (non-hydrogen) atoms. The molecule has 2 atom stereocenters. The Balaban J connectivity index is 0.00000129. The zero-order chi connectivity index (χ0) is 47.2. The van der Waals surface area contributed by atoms with Crippen LogP contribution in [0.3, 0.4) is 0 Å². The van der Waals surface area contributed by atoms with Gasteiger partial charge in [0.1, 0.15) is 11.5 Å². The minimum atomic E-state index is -6.00. The SMILES string of the molecule is CC(C)(C)c1cc(C=N[C@@H]2CCCC[C@H]2N=Cc2cc(C(C)(C)C)cc(C(C)(c3ccccc3)c3ccccc3)c2O)c(O)c(C(C)(c2ccccc2)c2ccccc2)c1.F[B-](F)(F)F.[Cr]. The number of phenolic OH excluding ortho intramolecular Hbond substituents is 2. The van der Waals surface area contributed by atoms with E-state index in [4.69, 9.17) is 9.98 Å². The minimum absolute atomic E-state index is 0. The van der Waals surface area contributed by atoms with Crippen molar-refractivity contribution in [1.29, 1.82) is 0 Å². The maximum absolute atomic E-state index is 12.3. The number of phenols is 2. The summed E-state index contributed by atoms with van der Waals surface area (Å²) in [4.78, 5) is 10.5. The summed E-state index contributed by atoms with van der Waals surface area (Å²) in [5.74, 6) is 0.489. The van der Waals surface area contributed by atoms with Gasteiger partial charge in [0.05, 0.1) is 12.1 Å². The fraction of sp³-hybridized carbons (Fsp3) is 0.321. The molecule has 0 bridgehead atoms. The largest absolute Gasteiger partial charge is 0.673 e. The van der Waals surface area contributed by atoms with Gasteiger partial charge in [-0.3, -0.25) is 9.98 Å². The summed E-state index contributed by atoms with van der Waals surface area (Å²) in [6, 6.07) is 50.3. The van der Waals surface area contributed by atoms with Crippen LogP contribution in [0.2, 0.25) is 0 Å². The van der Waals surface area contributed by atoms with Gasteiger partial charge in [0.2, 0.25) is 0 Å². The first-order valence-corrected chi connectivity index (χ1v) is 22.5. The molecule has 0 heterocycles. The molecule has 0 aromatic heterocycles. The van der Waals surface area contributed by atoms with Crippen molar-refractivity contribution in [3.63, 3.8) is 0 Å². The van der Waals surface area contributed by atoms with Crippen LogP contribution in [0.25, 0.3) is 0 Å². The number of hydrogen-bond donors (Lipinski definition) is 2. The van der Waals surface area contributed by atoms with Crippen molar-refractivity contribution in [3.8, 4) is 11.5 Å². The third-order valence-electron chi connectivity index (χ3n) is 13.0. The number of halogens is 4. The number of hydrogen-bond acceptors (Lipinski definition) is 4. The van der Waals surface area contributed by atoms with Gasteiger partial charge in [-0.25, -0.2) is 0 Å². The van der Waals surface area contributed by atoms with Gasteiger partial charge in [0, 0.05) is 62.9 Å². The average Bonchev–Trinajstić information content (AvgIpc) is 3.28. The van der Waals surface area contributed by atoms with E-state index in [1.54, 1.807) is 0 Å². The molecule has 1 fully saturated rings. The Morgan fingerprint density at radius 3 is 0.955 bits per heavy atom. The van der Waals surface area contributed by atoms with Gasteiger partial charge < -0.3 is 27.5 Å². The quantitative estimate of drug-likeness (QED) is 0.0622. The van der Waals surface area contributed by atoms with Gasteiger partial charge in [-0.1, -0.05) is 188 Å². The maximum atomic E-state index is 12.3. The van der Waals surface area contributed by atoms with E-state index in [9.17, 15) is 27.5 Å². The van der Waals surface area contributed by atoms with E-state index in [0.29, 0.717) is 11.1 Å². The fourth-order valence-corrected chi connectivity index (χ4v) is 8.97. The Morgan fingerprint density at radius 1 is 0.455 bits per heavy atom. The van der Waals surface area contributed by atoms with Gasteiger partial charge in [-0.15, -0.1) is 0 Å². The molecule has 6 aromatic rings. The zero-order valence-electron chi connectivity index (χ0n) is 39.3. The normalized spacial score (nSPS) is 16.1. The third-order valence-corrected chi connectivity index (χ3v) is 13.0. The molecule has 0 aliphatic heterocycles. The number of aromatic hydroxyl groups is 2. The van der Waals surface area contributed by atoms with E-state index in [-0.39, 0.29) is 51.8 Å². The Morgan fingerprint density at radius 2 is 0.712 bits per heavy atom. The van der Waals surface area contributed by atoms with Gasteiger partial charge in [0.25, 0.3) is 0 Å². The zero-order valence-corrected chi connectivity index (χ0v) is 40.6. The molecule has 2 N–H and O–H groups in total. The first-order chi connectivity index (χ1) is 30.6. The molecule has 0 unspecified atom stereocenters. The van der Waals surface area contributed by atoms with E-state index >= 15 is 0 Å². The average molecular weight is 934 g/mol. The second-order valence-electron chi connectivity index (χ2n) is 19.6. The van der Waals surface area contributed by atoms with E-state index in [1.807, 2.05) is 36.7 Å². The predicted octanol–water partition coefficient (Wildman–Crippen LogP) is 14.5. The molecule has 0 saturated heterocycles. The van der Waals surface area contributed by atoms with E-state index in [1.165, 1.54) is 0 Å². The molecule has 10 heteroatoms. The van der Waals surface area contributed by atoms with Crippen molar-refractivity contribution < 1.29 is 44.8 Å². The summed E-state index contributed by atoms with van der Waals surface area (Å²) >= 11 is 0. The topological polar surface area (TPSA) is 65.2 Å². The molecule has 4 nitrogen and oxygen atoms in total. The molecule has 0 radical (unpaired) electrons. The Bertz CT molecular complexity index is 2310. The smallest absolute Gasteiger partial charge is 0.507 e. The van der Waals surface area contributed by atoms with Crippen molar-refractivity contribution in [2.24, 2.45) is 9.98 Å². The Labute approximate surface area is 400 Å². The number of aliphatic imine (C=N–C) groups is 2. The molecule has 1 aliphatic carbocycles. The summed E-state index contributed by atoms with van der Waals surface area (Å²) in [5.41, 5.74) is 8.27. The van der Waals surface area contributed by atoms with Crippen LogP contribution in [-0.2, 0) is 39.0 Å². The molecule has 1 saturated carbocycles. The van der Waals surface area contributed by atoms with Crippen molar-refractivity contribution in [2.45, 2.75) is 115 Å². The van der Waals surface area contributed by atoms with Crippen molar-refractivity contribution >= 4 is 19.7 Å². The first kappa shape index (κ1) is 51.6. The van der Waals surface area contributed by atoms with Crippen molar-refractivity contribution in [2.75, 3.05) is 0 Å². The fourth-order valence-electron chi connectivity index (χ4n) is 8.97. The summed E-state index contributed by atoms with van der Waals surface area (Å²) in [6.07, 6.45) is 7.71. The molecular formula is C56H62BCrF4N2O2-. The van der Waals surface area contributed by atoms with E-state index in [0.717, 1.165) is 70.2 Å². The van der Waals surface area contributed by atoms with Crippen LogP contribution in [-0.4, -0.2) is 42.0 Å². The van der Waals surface area contributed by atoms with Crippen LogP contribution >= 0.6 is 0 Å². The van der Waals surface area contributed by atoms with Crippen molar-refractivity contribution in [1.82, 2.24) is 0 Å². The van der Waals surface area contributed by atoms with Crippen LogP contribution in [0, 0.1) is 0 Å². The maximum Gasteiger partial charge on any atom is 0.673 e. The van der Waals surface area contributed by atoms with Crippen LogP contribution < -0.4 is 0 Å². The molecular weight excluding hydrogens is 871 g/mol. The first-order valence-electron chi connectivity index (χ1n) is 22.5. The van der Waals surface area contributed by atoms with E-state index < -0.39 is 18.1 Å². The molecule has 1 aliphatic rings. The third kappa shape index (κ3) is 11.9. The van der Waals surface area contributed by atoms with Gasteiger partial charge >= 0.3 is 7.25 Å². The van der Waals surface area contributed by atoms with E-state index in [2.05, 4.69) is 177 Å². The predicted molar refractivity (Wildman–Crippen MR) is 262 cm³/mol. The van der Waals surface area contributed by atoms with Crippen molar-refractivity contribution in [3.05, 3.63) is 201 Å².